The molecule has 11 heteroatoms. The van der Waals surface area contributed by atoms with Crippen molar-refractivity contribution in [2.45, 2.75) is 70.0 Å². The lowest BCUT2D eigenvalue weighted by molar-refractivity contribution is -0.139. The Morgan fingerprint density at radius 3 is 2.21 bits per heavy atom. The summed E-state index contributed by atoms with van der Waals surface area (Å²) in [6.45, 7) is 4.72. The summed E-state index contributed by atoms with van der Waals surface area (Å²) in [4.78, 5) is 28.9. The smallest absolute Gasteiger partial charge is 0.264 e. The van der Waals surface area contributed by atoms with Gasteiger partial charge in [0.1, 0.15) is 12.6 Å². The fourth-order valence-corrected chi connectivity index (χ4v) is 7.08. The number of carbonyl (C=O) groups is 2. The van der Waals surface area contributed by atoms with Crippen LogP contribution in [0.4, 0.5) is 5.69 Å². The average Bonchev–Trinajstić information content (AvgIpc) is 3.45. The van der Waals surface area contributed by atoms with E-state index in [0.29, 0.717) is 31.9 Å². The molecule has 0 radical (unpaired) electrons. The first-order chi connectivity index (χ1) is 19.9. The molecular formula is C31H34Cl3N3O4S. The number of sulfonamides is 1. The van der Waals surface area contributed by atoms with Gasteiger partial charge >= 0.3 is 0 Å². The van der Waals surface area contributed by atoms with E-state index in [-0.39, 0.29) is 23.4 Å². The first-order valence-electron chi connectivity index (χ1n) is 13.8. The van der Waals surface area contributed by atoms with E-state index in [1.54, 1.807) is 62.4 Å². The first-order valence-corrected chi connectivity index (χ1v) is 16.3. The molecule has 1 aliphatic carbocycles. The van der Waals surface area contributed by atoms with Crippen LogP contribution in [0.1, 0.15) is 49.3 Å². The molecule has 3 aromatic carbocycles. The number of benzene rings is 3. The number of rotatable bonds is 10. The highest BCUT2D eigenvalue weighted by Crippen LogP contribution is 2.30. The summed E-state index contributed by atoms with van der Waals surface area (Å²) in [5.41, 5.74) is 2.43. The van der Waals surface area contributed by atoms with Gasteiger partial charge in [-0.1, -0.05) is 71.4 Å². The molecule has 42 heavy (non-hydrogen) atoms. The van der Waals surface area contributed by atoms with Crippen LogP contribution in [0.25, 0.3) is 0 Å². The Balaban J connectivity index is 1.72. The molecule has 1 aliphatic rings. The monoisotopic (exact) mass is 649 g/mol. The number of hydrogen-bond acceptors (Lipinski definition) is 4. The van der Waals surface area contributed by atoms with Gasteiger partial charge in [-0.2, -0.15) is 0 Å². The summed E-state index contributed by atoms with van der Waals surface area (Å²) in [6, 6.07) is 15.4. The van der Waals surface area contributed by atoms with Gasteiger partial charge in [-0.15, -0.1) is 0 Å². The number of hydrogen-bond donors (Lipinski definition) is 1. The quantitative estimate of drug-likeness (QED) is 0.258. The molecule has 2 amide bonds. The molecular weight excluding hydrogens is 617 g/mol. The second kappa shape index (κ2) is 13.7. The molecule has 7 nitrogen and oxygen atoms in total. The van der Waals surface area contributed by atoms with Crippen LogP contribution in [-0.2, 0) is 26.2 Å². The number of carbonyl (C=O) groups excluding carboxylic acids is 2. The average molecular weight is 651 g/mol. The van der Waals surface area contributed by atoms with Crippen LogP contribution in [0, 0.1) is 13.8 Å². The van der Waals surface area contributed by atoms with Crippen LogP contribution < -0.4 is 9.62 Å². The molecule has 0 aliphatic heterocycles. The van der Waals surface area contributed by atoms with Crippen LogP contribution in [0.2, 0.25) is 15.1 Å². The molecule has 1 atom stereocenters. The van der Waals surface area contributed by atoms with Crippen molar-refractivity contribution < 1.29 is 18.0 Å². The van der Waals surface area contributed by atoms with E-state index in [9.17, 15) is 18.0 Å². The number of amides is 2. The fourth-order valence-electron chi connectivity index (χ4n) is 5.06. The molecule has 0 unspecified atom stereocenters. The normalized spacial score (nSPS) is 14.4. The van der Waals surface area contributed by atoms with Crippen molar-refractivity contribution in [2.75, 3.05) is 10.8 Å². The van der Waals surface area contributed by atoms with Gasteiger partial charge in [-0.3, -0.25) is 13.9 Å². The third-order valence-electron chi connectivity index (χ3n) is 7.52. The van der Waals surface area contributed by atoms with Gasteiger partial charge in [-0.05, 0) is 87.2 Å². The second-order valence-corrected chi connectivity index (χ2v) is 13.8. The first kappa shape index (κ1) is 32.1. The van der Waals surface area contributed by atoms with E-state index in [4.69, 9.17) is 34.8 Å². The fraction of sp³-hybridized carbons (Fsp3) is 0.355. The Morgan fingerprint density at radius 2 is 1.60 bits per heavy atom. The maximum Gasteiger partial charge on any atom is 0.264 e. The topological polar surface area (TPSA) is 86.8 Å². The zero-order valence-corrected chi connectivity index (χ0v) is 26.8. The summed E-state index contributed by atoms with van der Waals surface area (Å²) in [7, 11) is -4.18. The van der Waals surface area contributed by atoms with E-state index in [2.05, 4.69) is 5.32 Å². The maximum atomic E-state index is 14.1. The van der Waals surface area contributed by atoms with Crippen molar-refractivity contribution in [1.29, 1.82) is 0 Å². The third kappa shape index (κ3) is 7.59. The van der Waals surface area contributed by atoms with E-state index in [1.165, 1.54) is 17.0 Å². The highest BCUT2D eigenvalue weighted by molar-refractivity contribution is 7.92. The molecule has 4 rings (SSSR count). The predicted octanol–water partition coefficient (Wildman–Crippen LogP) is 6.94. The van der Waals surface area contributed by atoms with E-state index in [0.717, 1.165) is 35.6 Å². The highest BCUT2D eigenvalue weighted by Gasteiger charge is 2.34. The molecule has 1 fully saturated rings. The SMILES string of the molecule is Cc1ccc(S(=O)(=O)N(CC(=O)N(Cc2ccc(Cl)c(Cl)c2)[C@@H](C)C(=O)NC2CCCC2)c2ccc(Cl)cc2C)cc1. The Morgan fingerprint density at radius 1 is 0.929 bits per heavy atom. The number of halogens is 3. The molecule has 1 saturated carbocycles. The number of nitrogens with one attached hydrogen (secondary N) is 1. The van der Waals surface area contributed by atoms with Crippen molar-refractivity contribution in [2.24, 2.45) is 0 Å². The lowest BCUT2D eigenvalue weighted by Gasteiger charge is -2.33. The number of aryl methyl sites for hydroxylation is 2. The van der Waals surface area contributed by atoms with Crippen LogP contribution in [-0.4, -0.2) is 43.8 Å². The van der Waals surface area contributed by atoms with Crippen molar-refractivity contribution in [1.82, 2.24) is 10.2 Å². The van der Waals surface area contributed by atoms with Crippen LogP contribution in [0.3, 0.4) is 0 Å². The molecule has 0 saturated heterocycles. The van der Waals surface area contributed by atoms with Crippen molar-refractivity contribution in [3.63, 3.8) is 0 Å². The van der Waals surface area contributed by atoms with Crippen LogP contribution >= 0.6 is 34.8 Å². The molecule has 1 N–H and O–H groups in total. The van der Waals surface area contributed by atoms with Gasteiger partial charge in [0.05, 0.1) is 20.6 Å². The predicted molar refractivity (Wildman–Crippen MR) is 169 cm³/mol. The summed E-state index contributed by atoms with van der Waals surface area (Å²) < 4.78 is 29.1. The minimum absolute atomic E-state index is 0.0208. The largest absolute Gasteiger partial charge is 0.352 e. The minimum atomic E-state index is -4.18. The van der Waals surface area contributed by atoms with Crippen molar-refractivity contribution in [3.8, 4) is 0 Å². The van der Waals surface area contributed by atoms with Crippen LogP contribution in [0.5, 0.6) is 0 Å². The lowest BCUT2D eigenvalue weighted by Crippen LogP contribution is -2.52. The Bertz CT molecular complexity index is 1560. The Hall–Kier alpha value is -2.78. The van der Waals surface area contributed by atoms with Gasteiger partial charge in [0.25, 0.3) is 10.0 Å². The molecule has 224 valence electrons. The third-order valence-corrected chi connectivity index (χ3v) is 10.3. The van der Waals surface area contributed by atoms with Gasteiger partial charge in [0.2, 0.25) is 11.8 Å². The Labute approximate surface area is 262 Å². The summed E-state index contributed by atoms with van der Waals surface area (Å²) in [5.74, 6) is -0.855. The van der Waals surface area contributed by atoms with Gasteiger partial charge in [-0.25, -0.2) is 8.42 Å². The molecule has 0 spiro atoms. The van der Waals surface area contributed by atoms with Crippen LogP contribution in [0.15, 0.2) is 65.6 Å². The molecule has 3 aromatic rings. The molecule has 0 aromatic heterocycles. The molecule has 0 bridgehead atoms. The summed E-state index contributed by atoms with van der Waals surface area (Å²) in [5, 5.41) is 4.16. The van der Waals surface area contributed by atoms with E-state index < -0.39 is 28.5 Å². The van der Waals surface area contributed by atoms with Gasteiger partial charge in [0.15, 0.2) is 0 Å². The maximum absolute atomic E-state index is 14.1. The minimum Gasteiger partial charge on any atom is -0.352 e. The second-order valence-electron chi connectivity index (χ2n) is 10.7. The molecule has 0 heterocycles. The lowest BCUT2D eigenvalue weighted by atomic mass is 10.1. The van der Waals surface area contributed by atoms with Crippen molar-refractivity contribution in [3.05, 3.63) is 92.4 Å². The van der Waals surface area contributed by atoms with Gasteiger partial charge in [0, 0.05) is 17.6 Å². The van der Waals surface area contributed by atoms with Crippen molar-refractivity contribution >= 4 is 62.3 Å². The Kier molecular flexibility index (Phi) is 10.5. The zero-order chi connectivity index (χ0) is 30.6. The van der Waals surface area contributed by atoms with Gasteiger partial charge < -0.3 is 10.2 Å². The van der Waals surface area contributed by atoms with E-state index in [1.807, 2.05) is 6.92 Å². The zero-order valence-electron chi connectivity index (χ0n) is 23.7. The summed E-state index contributed by atoms with van der Waals surface area (Å²) >= 11 is 18.5. The number of nitrogens with zero attached hydrogens (tertiary/aromatic N) is 2. The summed E-state index contributed by atoms with van der Waals surface area (Å²) in [6.07, 6.45) is 3.85. The standard InChI is InChI=1S/C31H34Cl3N3O4S/c1-20-8-12-26(13-9-20)42(40,41)37(29-15-11-24(32)16-21(29)2)19-30(38)36(18-23-10-14-27(33)28(34)17-23)22(3)31(39)35-25-6-4-5-7-25/h8-17,22,25H,4-7,18-19H2,1-3H3,(H,35,39)/t22-/m0/s1. The number of anilines is 1. The highest BCUT2D eigenvalue weighted by atomic mass is 35.5. The van der Waals surface area contributed by atoms with E-state index >= 15 is 0 Å².